The number of nitrogens with zero attached hydrogens (tertiary/aromatic N) is 1. The maximum atomic E-state index is 12.9. The summed E-state index contributed by atoms with van der Waals surface area (Å²) < 4.78 is 12.4. The Bertz CT molecular complexity index is 1420. The van der Waals surface area contributed by atoms with Gasteiger partial charge in [-0.05, 0) is 49.7 Å². The zero-order valence-corrected chi connectivity index (χ0v) is 19.7. The first-order valence-electron chi connectivity index (χ1n) is 10.6. The number of fused-ring (bicyclic) bond motifs is 2. The van der Waals surface area contributed by atoms with Crippen molar-refractivity contribution in [2.45, 2.75) is 26.5 Å². The van der Waals surface area contributed by atoms with Crippen molar-refractivity contribution in [2.75, 3.05) is 12.4 Å². The molecule has 0 aliphatic heterocycles. The number of benzene rings is 3. The average molecular weight is 479 g/mol. The highest BCUT2D eigenvalue weighted by Crippen LogP contribution is 2.31. The van der Waals surface area contributed by atoms with E-state index in [1.165, 1.54) is 14.0 Å². The smallest absolute Gasteiger partial charge is 0.326 e. The van der Waals surface area contributed by atoms with Gasteiger partial charge in [0.25, 0.3) is 5.91 Å². The van der Waals surface area contributed by atoms with Crippen molar-refractivity contribution in [3.05, 3.63) is 81.5 Å². The van der Waals surface area contributed by atoms with Crippen molar-refractivity contribution in [3.8, 4) is 5.75 Å². The average Bonchev–Trinajstić information content (AvgIpc) is 2.83. The van der Waals surface area contributed by atoms with Crippen LogP contribution in [0.4, 0.5) is 5.69 Å². The van der Waals surface area contributed by atoms with Gasteiger partial charge in [-0.2, -0.15) is 0 Å². The molecule has 0 aliphatic carbocycles. The molecule has 8 heteroatoms. The lowest BCUT2D eigenvalue weighted by molar-refractivity contribution is -0.153. The van der Waals surface area contributed by atoms with Gasteiger partial charge in [-0.15, -0.1) is 0 Å². The van der Waals surface area contributed by atoms with Gasteiger partial charge in [0, 0.05) is 21.9 Å². The Hall–Kier alpha value is -3.84. The summed E-state index contributed by atoms with van der Waals surface area (Å²) in [5.41, 5.74) is 2.31. The summed E-state index contributed by atoms with van der Waals surface area (Å²) in [6, 6.07) is 17.5. The number of ether oxygens (including phenoxy) is 2. The van der Waals surface area contributed by atoms with Gasteiger partial charge < -0.3 is 19.4 Å². The van der Waals surface area contributed by atoms with Gasteiger partial charge in [0.1, 0.15) is 12.3 Å². The van der Waals surface area contributed by atoms with Crippen molar-refractivity contribution in [2.24, 2.45) is 0 Å². The van der Waals surface area contributed by atoms with E-state index in [0.717, 1.165) is 5.56 Å². The van der Waals surface area contributed by atoms with E-state index in [2.05, 4.69) is 5.32 Å². The number of aromatic nitrogens is 1. The highest BCUT2D eigenvalue weighted by molar-refractivity contribution is 6.31. The molecule has 7 nitrogen and oxygen atoms in total. The van der Waals surface area contributed by atoms with Crippen molar-refractivity contribution in [1.82, 2.24) is 4.57 Å². The van der Waals surface area contributed by atoms with Gasteiger partial charge in [0.05, 0.1) is 23.8 Å². The number of carbonyl (C=O) groups excluding carboxylic acids is 2. The van der Waals surface area contributed by atoms with Crippen LogP contribution in [0, 0.1) is 6.92 Å². The molecule has 4 aromatic rings. The van der Waals surface area contributed by atoms with Crippen LogP contribution in [0.1, 0.15) is 12.5 Å². The van der Waals surface area contributed by atoms with E-state index in [9.17, 15) is 14.4 Å². The molecule has 1 heterocycles. The van der Waals surface area contributed by atoms with Crippen LogP contribution in [0.15, 0.2) is 65.5 Å². The molecule has 0 bridgehead atoms. The molecule has 0 saturated heterocycles. The highest BCUT2D eigenvalue weighted by atomic mass is 35.5. The fourth-order valence-electron chi connectivity index (χ4n) is 3.83. The Kier molecular flexibility index (Phi) is 6.56. The third-order valence-corrected chi connectivity index (χ3v) is 5.99. The molecule has 1 amide bonds. The molecule has 0 spiro atoms. The number of pyridine rings is 1. The van der Waals surface area contributed by atoms with Gasteiger partial charge in [-0.3, -0.25) is 14.4 Å². The van der Waals surface area contributed by atoms with Crippen molar-refractivity contribution in [1.29, 1.82) is 0 Å². The molecular weight excluding hydrogens is 456 g/mol. The van der Waals surface area contributed by atoms with E-state index in [1.54, 1.807) is 72.2 Å². The Morgan fingerprint density at radius 2 is 1.62 bits per heavy atom. The standard InChI is InChI=1S/C26H23ClN2O5/c1-15-12-20(23(33-3)13-19(15)27)28-26(32)16(2)34-24(30)14-29-21-10-6-4-8-17(21)25(31)18-9-5-7-11-22(18)29/h4-13,16H,14H2,1-3H3,(H,28,32). The number of esters is 1. The summed E-state index contributed by atoms with van der Waals surface area (Å²) in [5.74, 6) is -0.725. The maximum absolute atomic E-state index is 12.9. The molecule has 1 unspecified atom stereocenters. The van der Waals surface area contributed by atoms with E-state index in [4.69, 9.17) is 21.1 Å². The Balaban J connectivity index is 1.56. The quantitative estimate of drug-likeness (QED) is 0.321. The number of carbonyl (C=O) groups is 2. The number of para-hydroxylation sites is 2. The van der Waals surface area contributed by atoms with Crippen molar-refractivity contribution >= 4 is 51.0 Å². The number of hydrogen-bond acceptors (Lipinski definition) is 5. The largest absolute Gasteiger partial charge is 0.495 e. The Morgan fingerprint density at radius 3 is 2.21 bits per heavy atom. The number of amides is 1. The lowest BCUT2D eigenvalue weighted by Crippen LogP contribution is -2.31. The number of aryl methyl sites for hydroxylation is 1. The fourth-order valence-corrected chi connectivity index (χ4v) is 3.98. The Morgan fingerprint density at radius 1 is 1.03 bits per heavy atom. The zero-order valence-electron chi connectivity index (χ0n) is 18.9. The van der Waals surface area contributed by atoms with Crippen LogP contribution in [-0.4, -0.2) is 29.7 Å². The Labute approximate surface area is 200 Å². The monoisotopic (exact) mass is 478 g/mol. The predicted octanol–water partition coefficient (Wildman–Crippen LogP) is 4.70. The van der Waals surface area contributed by atoms with Crippen molar-refractivity contribution in [3.63, 3.8) is 0 Å². The molecule has 3 aromatic carbocycles. The summed E-state index contributed by atoms with van der Waals surface area (Å²) in [6.07, 6.45) is -1.06. The number of halogens is 1. The molecule has 0 saturated carbocycles. The number of anilines is 1. The van der Waals surface area contributed by atoms with E-state index in [1.807, 2.05) is 0 Å². The summed E-state index contributed by atoms with van der Waals surface area (Å²) in [4.78, 5) is 38.4. The minimum atomic E-state index is -1.06. The molecule has 4 rings (SSSR count). The SMILES string of the molecule is COc1cc(Cl)c(C)cc1NC(=O)C(C)OC(=O)Cn1c2ccccc2c(=O)c2ccccc21. The summed E-state index contributed by atoms with van der Waals surface area (Å²) in [7, 11) is 1.47. The number of nitrogens with one attached hydrogen (secondary N) is 1. The van der Waals surface area contributed by atoms with Gasteiger partial charge in [0.2, 0.25) is 0 Å². The predicted molar refractivity (Wildman–Crippen MR) is 133 cm³/mol. The summed E-state index contributed by atoms with van der Waals surface area (Å²) >= 11 is 6.12. The lowest BCUT2D eigenvalue weighted by Gasteiger charge is -2.18. The molecule has 1 N–H and O–H groups in total. The minimum Gasteiger partial charge on any atom is -0.495 e. The minimum absolute atomic E-state index is 0.101. The van der Waals surface area contributed by atoms with Gasteiger partial charge in [0.15, 0.2) is 11.5 Å². The molecule has 1 aromatic heterocycles. The summed E-state index contributed by atoms with van der Waals surface area (Å²) in [5, 5.41) is 4.24. The van der Waals surface area contributed by atoms with E-state index in [-0.39, 0.29) is 12.0 Å². The molecule has 174 valence electrons. The molecule has 1 atom stereocenters. The number of rotatable bonds is 6. The van der Waals surface area contributed by atoms with Crippen LogP contribution in [0.5, 0.6) is 5.75 Å². The first kappa shape index (κ1) is 23.3. The van der Waals surface area contributed by atoms with Gasteiger partial charge in [-0.1, -0.05) is 35.9 Å². The van der Waals surface area contributed by atoms with Crippen LogP contribution in [0.25, 0.3) is 21.8 Å². The number of hydrogen-bond donors (Lipinski definition) is 1. The van der Waals surface area contributed by atoms with E-state index in [0.29, 0.717) is 38.3 Å². The topological polar surface area (TPSA) is 86.6 Å². The molecule has 0 fully saturated rings. The molecule has 0 aliphatic rings. The maximum Gasteiger partial charge on any atom is 0.326 e. The third kappa shape index (κ3) is 4.47. The van der Waals surface area contributed by atoms with E-state index >= 15 is 0 Å². The molecule has 34 heavy (non-hydrogen) atoms. The lowest BCUT2D eigenvalue weighted by atomic mass is 10.1. The van der Waals surface area contributed by atoms with E-state index < -0.39 is 18.0 Å². The van der Waals surface area contributed by atoms with Crippen LogP contribution < -0.4 is 15.5 Å². The third-order valence-electron chi connectivity index (χ3n) is 5.58. The first-order chi connectivity index (χ1) is 16.3. The first-order valence-corrected chi connectivity index (χ1v) is 11.0. The highest BCUT2D eigenvalue weighted by Gasteiger charge is 2.21. The fraction of sp³-hybridized carbons (Fsp3) is 0.192. The second-order valence-corrected chi connectivity index (χ2v) is 8.28. The van der Waals surface area contributed by atoms with Gasteiger partial charge >= 0.3 is 5.97 Å². The van der Waals surface area contributed by atoms with Crippen LogP contribution in [0.2, 0.25) is 5.02 Å². The van der Waals surface area contributed by atoms with Crippen LogP contribution >= 0.6 is 11.6 Å². The van der Waals surface area contributed by atoms with Crippen LogP contribution in [0.3, 0.4) is 0 Å². The van der Waals surface area contributed by atoms with Gasteiger partial charge in [-0.25, -0.2) is 0 Å². The van der Waals surface area contributed by atoms with Crippen LogP contribution in [-0.2, 0) is 20.9 Å². The summed E-state index contributed by atoms with van der Waals surface area (Å²) in [6.45, 7) is 3.13. The molecular formula is C26H23ClN2O5. The molecule has 0 radical (unpaired) electrons. The number of methoxy groups -OCH3 is 1. The normalized spacial score (nSPS) is 11.9. The zero-order chi connectivity index (χ0) is 24.4. The second kappa shape index (κ2) is 9.57. The van der Waals surface area contributed by atoms with Crippen molar-refractivity contribution < 1.29 is 19.1 Å². The second-order valence-electron chi connectivity index (χ2n) is 7.87.